The van der Waals surface area contributed by atoms with Gasteiger partial charge in [-0.25, -0.2) is 14.4 Å². The van der Waals surface area contributed by atoms with E-state index in [1.54, 1.807) is 20.8 Å². The number of likely N-dealkylation sites (tertiary alicyclic amines) is 2. The summed E-state index contributed by atoms with van der Waals surface area (Å²) >= 11 is 0. The van der Waals surface area contributed by atoms with Crippen molar-refractivity contribution in [2.45, 2.75) is 124 Å². The second kappa shape index (κ2) is 21.2. The minimum Gasteiger partial charge on any atom is -0.480 e. The Morgan fingerprint density at radius 3 is 1.53 bits per heavy atom. The quantitative estimate of drug-likeness (QED) is 0.218. The lowest BCUT2D eigenvalue weighted by molar-refractivity contribution is -0.142. The van der Waals surface area contributed by atoms with Gasteiger partial charge in [0.2, 0.25) is 5.91 Å². The van der Waals surface area contributed by atoms with Crippen molar-refractivity contribution < 1.29 is 47.0 Å². The summed E-state index contributed by atoms with van der Waals surface area (Å²) in [5.41, 5.74) is -1.16. The molecule has 16 heteroatoms. The van der Waals surface area contributed by atoms with Crippen LogP contribution in [0.4, 0.5) is 9.59 Å². The smallest absolute Gasteiger partial charge is 0.480 e. The number of carbonyl (C=O) groups is 4. The number of carboxylic acids is 1. The number of rotatable bonds is 12. The Kier molecular flexibility index (Phi) is 21.4. The number of ether oxygens (including phenoxy) is 2. The molecule has 2 N–H and O–H groups in total. The molecule has 2 heterocycles. The zero-order valence-corrected chi connectivity index (χ0v) is 31.7. The molecule has 0 spiro atoms. The predicted octanol–water partition coefficient (Wildman–Crippen LogP) is 4.64. The molecular weight excluding hydrogens is 643 g/mol. The SMILES string of the molecule is CC(C)(C)OC(=O)N1CCC[C@H]1C(=O)O.CCO[Si](CCCNC(=O)[C@@H]1CCCN1C(=O)OC(C)(C)C)(OCC)OCC.S.S. The summed E-state index contributed by atoms with van der Waals surface area (Å²) in [5, 5.41) is 11.8. The van der Waals surface area contributed by atoms with E-state index in [4.69, 9.17) is 27.9 Å². The molecule has 0 aromatic carbocycles. The van der Waals surface area contributed by atoms with Crippen molar-refractivity contribution in [2.24, 2.45) is 0 Å². The fourth-order valence-electron chi connectivity index (χ4n) is 4.78. The zero-order valence-electron chi connectivity index (χ0n) is 28.7. The van der Waals surface area contributed by atoms with Gasteiger partial charge in [-0.2, -0.15) is 27.0 Å². The van der Waals surface area contributed by atoms with Crippen molar-refractivity contribution >= 4 is 59.9 Å². The molecule has 2 aliphatic heterocycles. The van der Waals surface area contributed by atoms with Gasteiger partial charge in [0, 0.05) is 45.5 Å². The molecule has 0 unspecified atom stereocenters. The fourth-order valence-corrected chi connectivity index (χ4v) is 7.39. The molecule has 2 atom stereocenters. The van der Waals surface area contributed by atoms with Crippen LogP contribution in [0.3, 0.4) is 0 Å². The maximum absolute atomic E-state index is 12.6. The highest BCUT2D eigenvalue weighted by atomic mass is 32.1. The Balaban J connectivity index is 0. The molecule has 2 saturated heterocycles. The molecule has 0 bridgehead atoms. The molecule has 2 rings (SSSR count). The molecule has 0 saturated carbocycles. The summed E-state index contributed by atoms with van der Waals surface area (Å²) < 4.78 is 28.0. The number of hydrogen-bond acceptors (Lipinski definition) is 9. The molecule has 0 aromatic heterocycles. The van der Waals surface area contributed by atoms with Gasteiger partial charge in [-0.3, -0.25) is 14.6 Å². The first-order chi connectivity index (χ1) is 20.0. The molecule has 0 aromatic rings. The Morgan fingerprint density at radius 1 is 0.756 bits per heavy atom. The predicted molar refractivity (Wildman–Crippen MR) is 183 cm³/mol. The van der Waals surface area contributed by atoms with Crippen LogP contribution in [0.5, 0.6) is 0 Å². The van der Waals surface area contributed by atoms with Crippen molar-refractivity contribution in [1.82, 2.24) is 15.1 Å². The first-order valence-electron chi connectivity index (χ1n) is 15.4. The highest BCUT2D eigenvalue weighted by Crippen LogP contribution is 2.23. The summed E-state index contributed by atoms with van der Waals surface area (Å²) in [5.74, 6) is -1.10. The van der Waals surface area contributed by atoms with Crippen LogP contribution in [-0.4, -0.2) is 111 Å². The van der Waals surface area contributed by atoms with E-state index < -0.39 is 50.2 Å². The summed E-state index contributed by atoms with van der Waals surface area (Å²) in [6.45, 7) is 19.6. The third-order valence-corrected chi connectivity index (χ3v) is 9.55. The van der Waals surface area contributed by atoms with E-state index in [9.17, 15) is 19.2 Å². The Bertz CT molecular complexity index is 901. The normalized spacial score (nSPS) is 18.2. The van der Waals surface area contributed by atoms with Crippen LogP contribution in [0.15, 0.2) is 0 Å². The first-order valence-corrected chi connectivity index (χ1v) is 17.3. The second-order valence-electron chi connectivity index (χ2n) is 12.4. The van der Waals surface area contributed by atoms with E-state index in [0.717, 1.165) is 12.8 Å². The van der Waals surface area contributed by atoms with Crippen molar-refractivity contribution in [3.63, 3.8) is 0 Å². The van der Waals surface area contributed by atoms with E-state index in [-0.39, 0.29) is 32.9 Å². The third kappa shape index (κ3) is 16.6. The van der Waals surface area contributed by atoms with Gasteiger partial charge in [0.1, 0.15) is 23.3 Å². The average molecular weight is 702 g/mol. The highest BCUT2D eigenvalue weighted by Gasteiger charge is 2.40. The van der Waals surface area contributed by atoms with Crippen LogP contribution in [0, 0.1) is 0 Å². The van der Waals surface area contributed by atoms with E-state index in [1.807, 2.05) is 41.5 Å². The summed E-state index contributed by atoms with van der Waals surface area (Å²) in [4.78, 5) is 50.2. The molecule has 2 fully saturated rings. The topological polar surface area (TPSA) is 153 Å². The van der Waals surface area contributed by atoms with Gasteiger partial charge < -0.3 is 33.2 Å². The number of nitrogens with zero attached hydrogens (tertiary/aromatic N) is 2. The van der Waals surface area contributed by atoms with Crippen molar-refractivity contribution in [3.05, 3.63) is 0 Å². The molecule has 2 aliphatic rings. The maximum atomic E-state index is 12.6. The summed E-state index contributed by atoms with van der Waals surface area (Å²) in [6, 6.07) is -0.550. The van der Waals surface area contributed by atoms with E-state index >= 15 is 0 Å². The van der Waals surface area contributed by atoms with Gasteiger partial charge in [-0.15, -0.1) is 0 Å². The van der Waals surface area contributed by atoms with Gasteiger partial charge in [0.05, 0.1) is 0 Å². The minimum absolute atomic E-state index is 0. The molecule has 266 valence electrons. The van der Waals surface area contributed by atoms with Crippen LogP contribution in [0.2, 0.25) is 6.04 Å². The lowest BCUT2D eigenvalue weighted by Gasteiger charge is -2.29. The van der Waals surface area contributed by atoms with Crippen LogP contribution in [0.1, 0.15) is 94.4 Å². The Hall–Kier alpha value is -1.72. The van der Waals surface area contributed by atoms with Gasteiger partial charge >= 0.3 is 27.0 Å². The molecule has 13 nitrogen and oxygen atoms in total. The van der Waals surface area contributed by atoms with Gasteiger partial charge in [0.25, 0.3) is 0 Å². The lowest BCUT2D eigenvalue weighted by atomic mass is 10.2. The van der Waals surface area contributed by atoms with Crippen LogP contribution >= 0.6 is 27.0 Å². The van der Waals surface area contributed by atoms with Crippen LogP contribution in [0.25, 0.3) is 0 Å². The minimum atomic E-state index is -2.69. The van der Waals surface area contributed by atoms with Crippen LogP contribution < -0.4 is 5.32 Å². The molecule has 45 heavy (non-hydrogen) atoms. The fraction of sp³-hybridized carbons (Fsp3) is 0.862. The van der Waals surface area contributed by atoms with Gasteiger partial charge in [-0.1, -0.05) is 0 Å². The van der Waals surface area contributed by atoms with E-state index in [0.29, 0.717) is 64.8 Å². The van der Waals surface area contributed by atoms with Crippen molar-refractivity contribution in [1.29, 1.82) is 0 Å². The first kappa shape index (κ1) is 45.4. The molecule has 3 amide bonds. The van der Waals surface area contributed by atoms with E-state index in [2.05, 4.69) is 5.32 Å². The number of carboxylic acid groups (broad SMARTS) is 1. The van der Waals surface area contributed by atoms with Gasteiger partial charge in [0.15, 0.2) is 0 Å². The number of aliphatic carboxylic acids is 1. The molecule has 0 radical (unpaired) electrons. The maximum Gasteiger partial charge on any atom is 0.500 e. The number of carbonyl (C=O) groups excluding carboxylic acids is 3. The van der Waals surface area contributed by atoms with E-state index in [1.165, 1.54) is 9.80 Å². The van der Waals surface area contributed by atoms with Crippen molar-refractivity contribution in [3.8, 4) is 0 Å². The molecular formula is C29H59N3O10S2Si. The number of hydrogen-bond donors (Lipinski definition) is 2. The zero-order chi connectivity index (χ0) is 32.8. The largest absolute Gasteiger partial charge is 0.500 e. The average Bonchev–Trinajstić information content (AvgIpc) is 3.56. The summed E-state index contributed by atoms with van der Waals surface area (Å²) in [6.07, 6.45) is 2.41. The Morgan fingerprint density at radius 2 is 1.16 bits per heavy atom. The summed E-state index contributed by atoms with van der Waals surface area (Å²) in [7, 11) is -2.69. The van der Waals surface area contributed by atoms with Gasteiger partial charge in [-0.05, 0) is 94.4 Å². The lowest BCUT2D eigenvalue weighted by Crippen LogP contribution is -2.48. The van der Waals surface area contributed by atoms with Crippen molar-refractivity contribution in [2.75, 3.05) is 39.5 Å². The monoisotopic (exact) mass is 701 g/mol. The highest BCUT2D eigenvalue weighted by molar-refractivity contribution is 7.59. The standard InChI is InChI=1S/C19H38N2O6Si.C10H17NO4.2H2S/c1-7-24-28(25-8-2,26-9-3)15-11-13-20-17(22)16-12-10-14-21(16)18(23)27-19(4,5)6;1-10(2,3)15-9(14)11-6-4-5-7(11)8(12)13;;/h16H,7-15H2,1-6H3,(H,20,22);7H,4-6H2,1-3H3,(H,12,13);2*1H2/t16-;7-;;/m00../s1. The van der Waals surface area contributed by atoms with Crippen LogP contribution in [-0.2, 0) is 32.3 Å². The Labute approximate surface area is 284 Å². The third-order valence-electron chi connectivity index (χ3n) is 6.40. The second-order valence-corrected chi connectivity index (χ2v) is 15.1. The number of amides is 3. The number of nitrogens with one attached hydrogen (secondary N) is 1. The molecule has 0 aliphatic carbocycles.